The van der Waals surface area contributed by atoms with E-state index in [-0.39, 0.29) is 0 Å². The Labute approximate surface area is 115 Å². The molecular weight excluding hydrogens is 244 g/mol. The van der Waals surface area contributed by atoms with Crippen LogP contribution in [0, 0.1) is 0 Å². The van der Waals surface area contributed by atoms with E-state index in [1.54, 1.807) is 0 Å². The summed E-state index contributed by atoms with van der Waals surface area (Å²) in [7, 11) is 1.10. The van der Waals surface area contributed by atoms with Crippen LogP contribution in [0.2, 0.25) is 0 Å². The summed E-state index contributed by atoms with van der Waals surface area (Å²) in [6.45, 7) is 0. The van der Waals surface area contributed by atoms with Gasteiger partial charge in [-0.1, -0.05) is 71.9 Å². The van der Waals surface area contributed by atoms with Gasteiger partial charge in [0, 0.05) is 10.2 Å². The van der Waals surface area contributed by atoms with Crippen molar-refractivity contribution in [3.8, 4) is 0 Å². The van der Waals surface area contributed by atoms with Crippen LogP contribution in [-0.4, -0.2) is 10.2 Å². The molecule has 90 valence electrons. The average molecular weight is 258 g/mol. The summed E-state index contributed by atoms with van der Waals surface area (Å²) >= 11 is 0. The molecule has 0 nitrogen and oxygen atoms in total. The van der Waals surface area contributed by atoms with Crippen molar-refractivity contribution in [2.75, 3.05) is 0 Å². The molecule has 19 heavy (non-hydrogen) atoms. The van der Waals surface area contributed by atoms with Gasteiger partial charge in [-0.25, -0.2) is 0 Å². The minimum Gasteiger partial charge on any atom is -0.0701 e. The molecule has 0 N–H and O–H groups in total. The summed E-state index contributed by atoms with van der Waals surface area (Å²) < 4.78 is 0. The first kappa shape index (κ1) is 10.8. The largest absolute Gasteiger partial charge is 0.0701 e. The molecule has 0 amide bonds. The topological polar surface area (TPSA) is 0 Å². The molecule has 4 rings (SSSR count). The average Bonchev–Trinajstić information content (AvgIpc) is 2.47. The molecule has 0 atom stereocenters. The van der Waals surface area contributed by atoms with E-state index in [4.69, 9.17) is 0 Å². The Morgan fingerprint density at radius 2 is 0.895 bits per heavy atom. The summed E-state index contributed by atoms with van der Waals surface area (Å²) in [5.41, 5.74) is 0. The van der Waals surface area contributed by atoms with Crippen LogP contribution >= 0.6 is 0 Å². The molecule has 4 aromatic rings. The molecule has 1 heteroatoms. The molecule has 0 heterocycles. The van der Waals surface area contributed by atoms with Crippen molar-refractivity contribution in [1.82, 2.24) is 0 Å². The Kier molecular flexibility index (Phi) is 2.23. The fourth-order valence-electron chi connectivity index (χ4n) is 3.02. The van der Waals surface area contributed by atoms with Crippen LogP contribution in [-0.2, 0) is 0 Å². The Morgan fingerprint density at radius 1 is 0.474 bits per heavy atom. The van der Waals surface area contributed by atoms with Crippen LogP contribution < -0.4 is 5.19 Å². The summed E-state index contributed by atoms with van der Waals surface area (Å²) in [4.78, 5) is 0. The predicted molar refractivity (Wildman–Crippen MR) is 88.5 cm³/mol. The lowest BCUT2D eigenvalue weighted by Crippen LogP contribution is -2.00. The number of benzene rings is 4. The third kappa shape index (κ3) is 1.52. The highest BCUT2D eigenvalue weighted by Crippen LogP contribution is 2.33. The second kappa shape index (κ2) is 3.94. The van der Waals surface area contributed by atoms with Gasteiger partial charge in [-0.05, 0) is 32.3 Å². The van der Waals surface area contributed by atoms with Crippen LogP contribution in [0.5, 0.6) is 0 Å². The molecule has 0 unspecified atom stereocenters. The molecule has 0 aliphatic rings. The zero-order chi connectivity index (χ0) is 12.8. The first-order valence-corrected chi connectivity index (χ1v) is 7.64. The van der Waals surface area contributed by atoms with E-state index < -0.39 is 0 Å². The SMILES string of the molecule is [SiH3]c1ccc2c3ccccc3c3ccccc3c2c1. The van der Waals surface area contributed by atoms with Crippen molar-refractivity contribution < 1.29 is 0 Å². The van der Waals surface area contributed by atoms with Crippen molar-refractivity contribution in [2.45, 2.75) is 0 Å². The molecule has 0 saturated heterocycles. The molecule has 0 bridgehead atoms. The lowest BCUT2D eigenvalue weighted by molar-refractivity contribution is 1.79. The number of hydrogen-bond donors (Lipinski definition) is 0. The van der Waals surface area contributed by atoms with Gasteiger partial charge in [0.25, 0.3) is 0 Å². The van der Waals surface area contributed by atoms with Gasteiger partial charge in [-0.15, -0.1) is 0 Å². The van der Waals surface area contributed by atoms with Crippen LogP contribution in [0.3, 0.4) is 0 Å². The van der Waals surface area contributed by atoms with Crippen LogP contribution in [0.15, 0.2) is 66.7 Å². The van der Waals surface area contributed by atoms with Crippen molar-refractivity contribution in [3.05, 3.63) is 66.7 Å². The number of rotatable bonds is 0. The highest BCUT2D eigenvalue weighted by Gasteiger charge is 2.07. The van der Waals surface area contributed by atoms with Crippen molar-refractivity contribution >= 4 is 47.7 Å². The van der Waals surface area contributed by atoms with Gasteiger partial charge in [-0.2, -0.15) is 0 Å². The van der Waals surface area contributed by atoms with Crippen molar-refractivity contribution in [3.63, 3.8) is 0 Å². The van der Waals surface area contributed by atoms with Crippen molar-refractivity contribution in [1.29, 1.82) is 0 Å². The van der Waals surface area contributed by atoms with E-state index in [9.17, 15) is 0 Å². The molecule has 0 spiro atoms. The molecule has 0 aliphatic carbocycles. The first-order chi connectivity index (χ1) is 9.34. The summed E-state index contributed by atoms with van der Waals surface area (Å²) in [6, 6.07) is 24.4. The monoisotopic (exact) mass is 258 g/mol. The molecule has 0 saturated carbocycles. The minimum absolute atomic E-state index is 1.10. The Balaban J connectivity index is 2.43. The first-order valence-electron chi connectivity index (χ1n) is 6.64. The molecule has 0 radical (unpaired) electrons. The van der Waals surface area contributed by atoms with Gasteiger partial charge in [-0.3, -0.25) is 0 Å². The summed E-state index contributed by atoms with van der Waals surface area (Å²) in [6.07, 6.45) is 0. The van der Waals surface area contributed by atoms with E-state index in [0.29, 0.717) is 0 Å². The number of fused-ring (bicyclic) bond motifs is 6. The van der Waals surface area contributed by atoms with Gasteiger partial charge in [0.1, 0.15) is 0 Å². The standard InChI is InChI=1S/C18H14Si/c19-12-9-10-17-15-7-2-1-5-13(15)14-6-3-4-8-16(14)18(17)11-12/h1-11H,19H3. The molecule has 0 aromatic heterocycles. The Bertz CT molecular complexity index is 887. The zero-order valence-corrected chi connectivity index (χ0v) is 12.9. The highest BCUT2D eigenvalue weighted by atomic mass is 28.1. The maximum absolute atomic E-state index is 2.36. The predicted octanol–water partition coefficient (Wildman–Crippen LogP) is 3.14. The van der Waals surface area contributed by atoms with Crippen LogP contribution in [0.4, 0.5) is 0 Å². The van der Waals surface area contributed by atoms with Crippen LogP contribution in [0.25, 0.3) is 32.3 Å². The summed E-state index contributed by atoms with van der Waals surface area (Å²) in [5.74, 6) is 0. The summed E-state index contributed by atoms with van der Waals surface area (Å²) in [5, 5.41) is 9.65. The molecule has 0 aliphatic heterocycles. The van der Waals surface area contributed by atoms with Gasteiger partial charge in [0.05, 0.1) is 0 Å². The molecule has 4 aromatic carbocycles. The van der Waals surface area contributed by atoms with E-state index >= 15 is 0 Å². The van der Waals surface area contributed by atoms with Gasteiger partial charge >= 0.3 is 0 Å². The van der Waals surface area contributed by atoms with E-state index in [0.717, 1.165) is 10.2 Å². The maximum atomic E-state index is 2.36. The fourth-order valence-corrected chi connectivity index (χ4v) is 3.48. The third-order valence-electron chi connectivity index (χ3n) is 3.90. The molecular formula is C18H14Si. The van der Waals surface area contributed by atoms with Crippen LogP contribution in [0.1, 0.15) is 0 Å². The van der Waals surface area contributed by atoms with Gasteiger partial charge < -0.3 is 0 Å². The van der Waals surface area contributed by atoms with Gasteiger partial charge in [0.2, 0.25) is 0 Å². The lowest BCUT2D eigenvalue weighted by Gasteiger charge is -2.10. The number of hydrogen-bond acceptors (Lipinski definition) is 0. The van der Waals surface area contributed by atoms with Crippen molar-refractivity contribution in [2.24, 2.45) is 0 Å². The van der Waals surface area contributed by atoms with E-state index in [2.05, 4.69) is 66.7 Å². The molecule has 0 fully saturated rings. The second-order valence-electron chi connectivity index (χ2n) is 5.14. The zero-order valence-electron chi connectivity index (χ0n) is 10.9. The lowest BCUT2D eigenvalue weighted by atomic mass is 9.94. The quantitative estimate of drug-likeness (QED) is 0.336. The second-order valence-corrected chi connectivity index (χ2v) is 6.29. The highest BCUT2D eigenvalue weighted by molar-refractivity contribution is 6.35. The maximum Gasteiger partial charge on any atom is 0.0385 e. The Morgan fingerprint density at radius 3 is 1.42 bits per heavy atom. The normalized spacial score (nSPS) is 11.6. The fraction of sp³-hybridized carbons (Fsp3) is 0. The third-order valence-corrected chi connectivity index (χ3v) is 4.52. The Hall–Kier alpha value is -2.12. The van der Waals surface area contributed by atoms with Gasteiger partial charge in [0.15, 0.2) is 0 Å². The van der Waals surface area contributed by atoms with E-state index in [1.807, 2.05) is 0 Å². The van der Waals surface area contributed by atoms with E-state index in [1.165, 1.54) is 37.5 Å². The minimum atomic E-state index is 1.10. The smallest absolute Gasteiger partial charge is 0.0385 e.